The highest BCUT2D eigenvalue weighted by Gasteiger charge is 2.43. The second kappa shape index (κ2) is 22.2. The van der Waals surface area contributed by atoms with Crippen molar-refractivity contribution in [3.8, 4) is 0 Å². The summed E-state index contributed by atoms with van der Waals surface area (Å²) in [6.07, 6.45) is 1.02. The summed E-state index contributed by atoms with van der Waals surface area (Å²) in [7, 11) is 6.63. The van der Waals surface area contributed by atoms with Crippen LogP contribution in [-0.2, 0) is 28.7 Å². The third-order valence-corrected chi connectivity index (χ3v) is 11.7. The Labute approximate surface area is 336 Å². The fourth-order valence-corrected chi connectivity index (χ4v) is 8.24. The highest BCUT2D eigenvalue weighted by atomic mass is 16.5. The van der Waals surface area contributed by atoms with Crippen molar-refractivity contribution in [3.05, 3.63) is 71.8 Å². The van der Waals surface area contributed by atoms with Gasteiger partial charge in [-0.2, -0.15) is 0 Å². The van der Waals surface area contributed by atoms with Crippen molar-refractivity contribution in [1.29, 1.82) is 0 Å². The number of methoxy groups -OCH3 is 2. The minimum atomic E-state index is -0.761. The number of ether oxygens (including phenoxy) is 2. The smallest absolute Gasteiger partial charge is 0.245 e. The molecule has 1 aliphatic rings. The number of hydrogen-bond donors (Lipinski definition) is 4. The zero-order valence-corrected chi connectivity index (χ0v) is 35.7. The monoisotopic (exact) mass is 779 g/mol. The predicted molar refractivity (Wildman–Crippen MR) is 221 cm³/mol. The Kier molecular flexibility index (Phi) is 18.4. The molecule has 12 nitrogen and oxygen atoms in total. The molecule has 0 unspecified atom stereocenters. The summed E-state index contributed by atoms with van der Waals surface area (Å²) in [6.45, 7) is 14.2. The van der Waals surface area contributed by atoms with Gasteiger partial charge in [0.05, 0.1) is 54.8 Å². The Morgan fingerprint density at radius 2 is 1.41 bits per heavy atom. The number of carbonyl (C=O) groups excluding carboxylic acids is 4. The number of benzene rings is 2. The van der Waals surface area contributed by atoms with Crippen molar-refractivity contribution in [2.45, 2.75) is 123 Å². The van der Waals surface area contributed by atoms with Crippen LogP contribution in [0.5, 0.6) is 0 Å². The van der Waals surface area contributed by atoms with Crippen LogP contribution in [0.2, 0.25) is 0 Å². The van der Waals surface area contributed by atoms with Crippen molar-refractivity contribution in [3.63, 3.8) is 0 Å². The molecule has 0 aliphatic carbocycles. The van der Waals surface area contributed by atoms with Crippen LogP contribution in [0.25, 0.3) is 0 Å². The zero-order chi connectivity index (χ0) is 41.7. The third-order valence-electron chi connectivity index (χ3n) is 11.7. The summed E-state index contributed by atoms with van der Waals surface area (Å²) in [5.41, 5.74) is 8.58. The summed E-state index contributed by atoms with van der Waals surface area (Å²) in [5, 5.41) is 9.28. The number of likely N-dealkylation sites (tertiary alicyclic amines) is 1. The highest BCUT2D eigenvalue weighted by Crippen LogP contribution is 2.32. The van der Waals surface area contributed by atoms with Crippen LogP contribution in [-0.4, -0.2) is 105 Å². The van der Waals surface area contributed by atoms with Crippen molar-refractivity contribution < 1.29 is 28.7 Å². The molecule has 5 N–H and O–H groups in total. The first-order chi connectivity index (χ1) is 26.6. The molecule has 1 fully saturated rings. The number of nitrogens with two attached hydrogens (primary N) is 1. The van der Waals surface area contributed by atoms with E-state index in [9.17, 15) is 19.2 Å². The van der Waals surface area contributed by atoms with E-state index in [1.54, 1.807) is 33.2 Å². The normalized spacial score (nSPS) is 19.3. The Balaban J connectivity index is 1.82. The standard InChI is InChI=1S/C44H70N6O6/c1-12-29(6)40(49(9)44(54)38(28(4)5)47-43(53)37(46-8)27(2)3)34(55-10)26-35(51)50-25-19-24-33(50)41(56-11)30(7)42(52)48-39(32-22-17-14-18-23-32)36(45)31-20-15-13-16-21-31/h13-18,20-23,27-30,33-34,36-41,46H,12,19,24-26,45H2,1-11H3,(H,47,53)(H,48,52)/t29-,30+,33-,34+,36-,37-,38-,39-,40-,41+/m0/s1. The summed E-state index contributed by atoms with van der Waals surface area (Å²) in [5.74, 6) is -1.57. The summed E-state index contributed by atoms with van der Waals surface area (Å²) < 4.78 is 12.1. The van der Waals surface area contributed by atoms with Crippen molar-refractivity contribution in [1.82, 2.24) is 25.8 Å². The maximum absolute atomic E-state index is 14.3. The van der Waals surface area contributed by atoms with E-state index in [0.29, 0.717) is 13.0 Å². The lowest BCUT2D eigenvalue weighted by molar-refractivity contribution is -0.147. The molecule has 0 saturated carbocycles. The molecule has 1 saturated heterocycles. The molecule has 0 spiro atoms. The van der Waals surface area contributed by atoms with E-state index in [-0.39, 0.29) is 53.8 Å². The van der Waals surface area contributed by atoms with Gasteiger partial charge >= 0.3 is 0 Å². The Bertz CT molecular complexity index is 1530. The lowest BCUT2D eigenvalue weighted by Gasteiger charge is -2.41. The first-order valence-electron chi connectivity index (χ1n) is 20.4. The summed E-state index contributed by atoms with van der Waals surface area (Å²) in [4.78, 5) is 59.3. The third kappa shape index (κ3) is 11.6. The van der Waals surface area contributed by atoms with Crippen molar-refractivity contribution in [2.75, 3.05) is 34.9 Å². The molecule has 0 radical (unpaired) electrons. The topological polar surface area (TPSA) is 155 Å². The number of likely N-dealkylation sites (N-methyl/N-ethyl adjacent to an activating group) is 2. The highest BCUT2D eigenvalue weighted by molar-refractivity contribution is 5.90. The number of nitrogens with one attached hydrogen (secondary N) is 3. The van der Waals surface area contributed by atoms with Crippen molar-refractivity contribution >= 4 is 23.6 Å². The molecule has 10 atom stereocenters. The second-order valence-electron chi connectivity index (χ2n) is 16.2. The molecule has 2 aromatic rings. The number of amides is 4. The fourth-order valence-electron chi connectivity index (χ4n) is 8.24. The largest absolute Gasteiger partial charge is 0.379 e. The van der Waals surface area contributed by atoms with E-state index in [4.69, 9.17) is 15.2 Å². The molecule has 56 heavy (non-hydrogen) atoms. The predicted octanol–water partition coefficient (Wildman–Crippen LogP) is 4.85. The van der Waals surface area contributed by atoms with E-state index in [2.05, 4.69) is 22.9 Å². The Morgan fingerprint density at radius 3 is 1.91 bits per heavy atom. The maximum atomic E-state index is 14.3. The van der Waals surface area contributed by atoms with Gasteiger partial charge < -0.3 is 41.0 Å². The van der Waals surface area contributed by atoms with Gasteiger partial charge in [-0.25, -0.2) is 0 Å². The number of hydrogen-bond acceptors (Lipinski definition) is 8. The van der Waals surface area contributed by atoms with E-state index < -0.39 is 48.3 Å². The Morgan fingerprint density at radius 1 is 0.839 bits per heavy atom. The van der Waals surface area contributed by atoms with Gasteiger partial charge in [0.15, 0.2) is 0 Å². The van der Waals surface area contributed by atoms with Crippen LogP contribution in [0.4, 0.5) is 0 Å². The average Bonchev–Trinajstić information content (AvgIpc) is 3.68. The molecule has 2 aromatic carbocycles. The zero-order valence-electron chi connectivity index (χ0n) is 35.7. The van der Waals surface area contributed by atoms with Crippen LogP contribution in [0.3, 0.4) is 0 Å². The molecule has 0 aromatic heterocycles. The number of carbonyl (C=O) groups is 4. The lowest BCUT2D eigenvalue weighted by Crippen LogP contribution is -2.59. The van der Waals surface area contributed by atoms with E-state index >= 15 is 0 Å². The molecular formula is C44H70N6O6. The van der Waals surface area contributed by atoms with E-state index in [1.165, 1.54) is 0 Å². The lowest BCUT2D eigenvalue weighted by atomic mass is 9.89. The molecule has 0 bridgehead atoms. The maximum Gasteiger partial charge on any atom is 0.245 e. The van der Waals surface area contributed by atoms with Gasteiger partial charge in [-0.3, -0.25) is 19.2 Å². The second-order valence-corrected chi connectivity index (χ2v) is 16.2. The minimum Gasteiger partial charge on any atom is -0.379 e. The van der Waals surface area contributed by atoms with E-state index in [0.717, 1.165) is 24.0 Å². The molecule has 312 valence electrons. The summed E-state index contributed by atoms with van der Waals surface area (Å²) >= 11 is 0. The van der Waals surface area contributed by atoms with Gasteiger partial charge in [0.2, 0.25) is 23.6 Å². The fraction of sp³-hybridized carbons (Fsp3) is 0.636. The molecule has 1 aliphatic heterocycles. The molecule has 1 heterocycles. The van der Waals surface area contributed by atoms with Crippen LogP contribution >= 0.6 is 0 Å². The van der Waals surface area contributed by atoms with Crippen LogP contribution in [0.1, 0.15) is 97.4 Å². The van der Waals surface area contributed by atoms with E-state index in [1.807, 2.05) is 107 Å². The van der Waals surface area contributed by atoms with Gasteiger partial charge in [-0.05, 0) is 48.8 Å². The molecule has 4 amide bonds. The van der Waals surface area contributed by atoms with Crippen LogP contribution in [0, 0.1) is 23.7 Å². The van der Waals surface area contributed by atoms with Crippen molar-refractivity contribution in [2.24, 2.45) is 29.4 Å². The summed E-state index contributed by atoms with van der Waals surface area (Å²) in [6, 6.07) is 16.4. The minimum absolute atomic E-state index is 0.0180. The van der Waals surface area contributed by atoms with Gasteiger partial charge in [0.1, 0.15) is 6.04 Å². The van der Waals surface area contributed by atoms with Gasteiger partial charge in [-0.15, -0.1) is 0 Å². The average molecular weight is 779 g/mol. The SMILES string of the molecule is CC[C@H](C)[C@@H]([C@@H](CC(=O)N1CCC[C@H]1[C@H](OC)[C@@H](C)C(=O)N[C@@H](c1ccccc1)[C@@H](N)c1ccccc1)OC)N(C)C(=O)[C@@H](NC(=O)[C@@H](NC)C(C)C)C(C)C. The first-order valence-corrected chi connectivity index (χ1v) is 20.4. The van der Waals surface area contributed by atoms with Gasteiger partial charge in [0.25, 0.3) is 0 Å². The molecular weight excluding hydrogens is 709 g/mol. The molecule has 3 rings (SSSR count). The first kappa shape index (κ1) is 46.5. The number of nitrogens with zero attached hydrogens (tertiary/aromatic N) is 2. The van der Waals surface area contributed by atoms with Crippen LogP contribution < -0.4 is 21.7 Å². The van der Waals surface area contributed by atoms with Gasteiger partial charge in [0, 0.05) is 27.8 Å². The van der Waals surface area contributed by atoms with Crippen LogP contribution in [0.15, 0.2) is 60.7 Å². The van der Waals surface area contributed by atoms with Gasteiger partial charge in [-0.1, -0.05) is 116 Å². The number of rotatable bonds is 21. The Hall–Kier alpha value is -3.84. The quantitative estimate of drug-likeness (QED) is 0.140. The molecule has 12 heteroatoms.